The molecule has 0 fully saturated rings. The molecule has 0 saturated heterocycles. The second-order valence-corrected chi connectivity index (χ2v) is 4.46. The fraction of sp³-hybridized carbons (Fsp3) is 0.583. The maximum Gasteiger partial charge on any atom is 0.222 e. The van der Waals surface area contributed by atoms with Crippen molar-refractivity contribution in [2.75, 3.05) is 24.1 Å². The normalized spacial score (nSPS) is 14.2. The van der Waals surface area contributed by atoms with Gasteiger partial charge in [0.2, 0.25) is 12.4 Å². The van der Waals surface area contributed by atoms with Crippen LogP contribution in [0.4, 0.5) is 11.8 Å². The van der Waals surface area contributed by atoms with Gasteiger partial charge in [0.05, 0.1) is 12.2 Å². The van der Waals surface area contributed by atoms with E-state index in [9.17, 15) is 4.79 Å². The highest BCUT2D eigenvalue weighted by Crippen LogP contribution is 2.23. The Kier molecular flexibility index (Phi) is 3.96. The summed E-state index contributed by atoms with van der Waals surface area (Å²) in [4.78, 5) is 21.1. The van der Waals surface area contributed by atoms with E-state index >= 15 is 0 Å². The number of carbonyl (C=O) groups is 1. The molecule has 0 spiro atoms. The molecular weight excluding hydrogens is 230 g/mol. The zero-order valence-electron chi connectivity index (χ0n) is 10.6. The predicted octanol–water partition coefficient (Wildman–Crippen LogP) is 0.785. The van der Waals surface area contributed by atoms with Gasteiger partial charge in [0.25, 0.3) is 0 Å². The van der Waals surface area contributed by atoms with Crippen molar-refractivity contribution < 1.29 is 4.79 Å². The summed E-state index contributed by atoms with van der Waals surface area (Å²) in [6.07, 6.45) is 3.81. The minimum Gasteiger partial charge on any atom is -0.370 e. The van der Waals surface area contributed by atoms with Gasteiger partial charge in [0.1, 0.15) is 5.82 Å². The van der Waals surface area contributed by atoms with Gasteiger partial charge in [0, 0.05) is 25.1 Å². The van der Waals surface area contributed by atoms with E-state index in [2.05, 4.69) is 22.2 Å². The molecule has 1 aromatic rings. The molecule has 6 heteroatoms. The Morgan fingerprint density at radius 3 is 3.06 bits per heavy atom. The van der Waals surface area contributed by atoms with E-state index in [1.807, 2.05) is 0 Å². The average Bonchev–Trinajstić information content (AvgIpc) is 2.38. The first kappa shape index (κ1) is 12.6. The zero-order valence-corrected chi connectivity index (χ0v) is 10.6. The van der Waals surface area contributed by atoms with Crippen molar-refractivity contribution in [3.05, 3.63) is 11.3 Å². The van der Waals surface area contributed by atoms with Crippen LogP contribution in [0.25, 0.3) is 0 Å². The number of nitrogens with zero attached hydrogens (tertiary/aromatic N) is 3. The van der Waals surface area contributed by atoms with Crippen molar-refractivity contribution in [2.24, 2.45) is 0 Å². The molecule has 0 bridgehead atoms. The molecule has 1 aliphatic heterocycles. The number of nitrogen functional groups attached to an aromatic ring is 1. The number of unbranched alkanes of at least 4 members (excludes halogenated alkanes) is 1. The van der Waals surface area contributed by atoms with E-state index in [4.69, 9.17) is 5.73 Å². The molecule has 0 atom stereocenters. The van der Waals surface area contributed by atoms with Gasteiger partial charge in [-0.3, -0.25) is 4.79 Å². The minimum absolute atomic E-state index is 0.298. The van der Waals surface area contributed by atoms with Crippen LogP contribution in [-0.2, 0) is 17.8 Å². The maximum atomic E-state index is 10.8. The van der Waals surface area contributed by atoms with E-state index in [1.54, 1.807) is 4.90 Å². The Labute approximate surface area is 107 Å². The topological polar surface area (TPSA) is 84.1 Å². The van der Waals surface area contributed by atoms with Crippen LogP contribution in [0.5, 0.6) is 0 Å². The highest BCUT2D eigenvalue weighted by Gasteiger charge is 2.20. The Balaban J connectivity index is 2.22. The van der Waals surface area contributed by atoms with Crippen molar-refractivity contribution >= 4 is 18.2 Å². The number of nitrogens with one attached hydrogen (secondary N) is 1. The van der Waals surface area contributed by atoms with E-state index in [0.717, 1.165) is 49.3 Å². The van der Waals surface area contributed by atoms with Crippen molar-refractivity contribution in [1.29, 1.82) is 0 Å². The lowest BCUT2D eigenvalue weighted by atomic mass is 10.1. The Morgan fingerprint density at radius 2 is 2.33 bits per heavy atom. The second kappa shape index (κ2) is 5.66. The van der Waals surface area contributed by atoms with Gasteiger partial charge in [-0.1, -0.05) is 13.3 Å². The Hall–Kier alpha value is -1.85. The molecule has 1 aliphatic rings. The summed E-state index contributed by atoms with van der Waals surface area (Å²) in [5, 5.41) is 3.29. The fourth-order valence-corrected chi connectivity index (χ4v) is 2.07. The van der Waals surface area contributed by atoms with Crippen molar-refractivity contribution in [3.8, 4) is 0 Å². The molecule has 3 N–H and O–H groups in total. The molecule has 1 aromatic heterocycles. The molecule has 1 amide bonds. The van der Waals surface area contributed by atoms with Gasteiger partial charge >= 0.3 is 0 Å². The quantitative estimate of drug-likeness (QED) is 0.595. The monoisotopic (exact) mass is 249 g/mol. The number of rotatable bonds is 5. The van der Waals surface area contributed by atoms with Gasteiger partial charge in [-0.25, -0.2) is 4.98 Å². The van der Waals surface area contributed by atoms with Crippen molar-refractivity contribution in [2.45, 2.75) is 32.7 Å². The molecule has 98 valence electrons. The van der Waals surface area contributed by atoms with Gasteiger partial charge in [-0.05, 0) is 6.42 Å². The molecule has 18 heavy (non-hydrogen) atoms. The summed E-state index contributed by atoms with van der Waals surface area (Å²) in [7, 11) is 0. The van der Waals surface area contributed by atoms with Crippen LogP contribution in [0.3, 0.4) is 0 Å². The standard InChI is InChI=1S/C12H19N5O/c1-2-3-5-14-11-9-7-17(8-18)6-4-10(9)15-12(13)16-11/h8H,2-7H2,1H3,(H3,13,14,15,16). The fourth-order valence-electron chi connectivity index (χ4n) is 2.07. The third-order valence-corrected chi connectivity index (χ3v) is 3.08. The lowest BCUT2D eigenvalue weighted by Crippen LogP contribution is -2.31. The number of carbonyl (C=O) groups excluding carboxylic acids is 1. The number of hydrogen-bond donors (Lipinski definition) is 2. The van der Waals surface area contributed by atoms with Crippen LogP contribution >= 0.6 is 0 Å². The SMILES string of the molecule is CCCCNc1nc(N)nc2c1CN(C=O)CC2. The molecule has 2 heterocycles. The summed E-state index contributed by atoms with van der Waals surface area (Å²) in [5.41, 5.74) is 7.67. The largest absolute Gasteiger partial charge is 0.370 e. The Morgan fingerprint density at radius 1 is 1.50 bits per heavy atom. The minimum atomic E-state index is 0.298. The number of hydrogen-bond acceptors (Lipinski definition) is 5. The molecule has 2 rings (SSSR count). The molecule has 6 nitrogen and oxygen atoms in total. The molecule has 0 radical (unpaired) electrons. The van der Waals surface area contributed by atoms with Gasteiger partial charge < -0.3 is 16.0 Å². The Bertz CT molecular complexity index is 435. The summed E-state index contributed by atoms with van der Waals surface area (Å²) >= 11 is 0. The van der Waals surface area contributed by atoms with E-state index in [1.165, 1.54) is 0 Å². The first-order valence-corrected chi connectivity index (χ1v) is 6.33. The maximum absolute atomic E-state index is 10.8. The zero-order chi connectivity index (χ0) is 13.0. The summed E-state index contributed by atoms with van der Waals surface area (Å²) in [6, 6.07) is 0. The average molecular weight is 249 g/mol. The lowest BCUT2D eigenvalue weighted by Gasteiger charge is -2.26. The molecule has 0 saturated carbocycles. The number of fused-ring (bicyclic) bond motifs is 1. The van der Waals surface area contributed by atoms with E-state index < -0.39 is 0 Å². The molecule has 0 aromatic carbocycles. The molecular formula is C12H19N5O. The summed E-state index contributed by atoms with van der Waals surface area (Å²) in [6.45, 7) is 4.26. The number of amides is 1. The lowest BCUT2D eigenvalue weighted by molar-refractivity contribution is -0.118. The van der Waals surface area contributed by atoms with Gasteiger partial charge in [-0.15, -0.1) is 0 Å². The van der Waals surface area contributed by atoms with E-state index in [-0.39, 0.29) is 0 Å². The van der Waals surface area contributed by atoms with E-state index in [0.29, 0.717) is 19.0 Å². The molecule has 0 unspecified atom stereocenters. The third-order valence-electron chi connectivity index (χ3n) is 3.08. The van der Waals surface area contributed by atoms with Crippen LogP contribution in [0, 0.1) is 0 Å². The highest BCUT2D eigenvalue weighted by molar-refractivity contribution is 5.55. The van der Waals surface area contributed by atoms with Gasteiger partial charge in [0.15, 0.2) is 0 Å². The van der Waals surface area contributed by atoms with Crippen molar-refractivity contribution in [1.82, 2.24) is 14.9 Å². The highest BCUT2D eigenvalue weighted by atomic mass is 16.1. The van der Waals surface area contributed by atoms with Crippen LogP contribution in [0.2, 0.25) is 0 Å². The van der Waals surface area contributed by atoms with Crippen LogP contribution in [-0.4, -0.2) is 34.4 Å². The number of anilines is 2. The number of aromatic nitrogens is 2. The second-order valence-electron chi connectivity index (χ2n) is 4.46. The third kappa shape index (κ3) is 2.69. The molecule has 0 aliphatic carbocycles. The van der Waals surface area contributed by atoms with Crippen molar-refractivity contribution in [3.63, 3.8) is 0 Å². The van der Waals surface area contributed by atoms with Crippen LogP contribution in [0.15, 0.2) is 0 Å². The number of nitrogens with two attached hydrogens (primary N) is 1. The predicted molar refractivity (Wildman–Crippen MR) is 70.0 cm³/mol. The first-order valence-electron chi connectivity index (χ1n) is 6.33. The first-order chi connectivity index (χ1) is 8.74. The van der Waals surface area contributed by atoms with Gasteiger partial charge in [-0.2, -0.15) is 4.98 Å². The summed E-state index contributed by atoms with van der Waals surface area (Å²) < 4.78 is 0. The van der Waals surface area contributed by atoms with Crippen LogP contribution in [0.1, 0.15) is 31.0 Å². The summed E-state index contributed by atoms with van der Waals surface area (Å²) in [5.74, 6) is 1.07. The smallest absolute Gasteiger partial charge is 0.222 e. The van der Waals surface area contributed by atoms with Crippen LogP contribution < -0.4 is 11.1 Å².